The van der Waals surface area contributed by atoms with E-state index in [0.29, 0.717) is 18.8 Å². The number of amides is 1. The van der Waals surface area contributed by atoms with Gasteiger partial charge in [-0.2, -0.15) is 0 Å². The molecule has 0 atom stereocenters. The lowest BCUT2D eigenvalue weighted by Gasteiger charge is -2.15. The van der Waals surface area contributed by atoms with Crippen LogP contribution in [0.4, 0.5) is 0 Å². The van der Waals surface area contributed by atoms with Crippen molar-refractivity contribution in [1.82, 2.24) is 24.9 Å². The number of thiazole rings is 1. The molecule has 1 amide bonds. The molecule has 0 aliphatic carbocycles. The van der Waals surface area contributed by atoms with Gasteiger partial charge in [0.05, 0.1) is 23.4 Å². The standard InChI is InChI=1S/C11H16N6OS/c1-8-13-4-10(19-8)6-16(2)11(18)7-17-5-9(3-12)14-15-17/h4-5H,3,6-7,12H2,1-2H3. The van der Waals surface area contributed by atoms with Crippen molar-refractivity contribution in [3.8, 4) is 0 Å². The molecule has 0 unspecified atom stereocenters. The second-order valence-corrected chi connectivity index (χ2v) is 5.53. The second-order valence-electron chi connectivity index (χ2n) is 4.21. The van der Waals surface area contributed by atoms with Gasteiger partial charge in [-0.05, 0) is 6.92 Å². The first kappa shape index (κ1) is 13.6. The van der Waals surface area contributed by atoms with E-state index < -0.39 is 0 Å². The number of rotatable bonds is 5. The van der Waals surface area contributed by atoms with Crippen LogP contribution in [0.3, 0.4) is 0 Å². The lowest BCUT2D eigenvalue weighted by Crippen LogP contribution is -2.29. The minimum Gasteiger partial charge on any atom is -0.339 e. The van der Waals surface area contributed by atoms with E-state index in [1.165, 1.54) is 4.68 Å². The highest BCUT2D eigenvalue weighted by Gasteiger charge is 2.12. The van der Waals surface area contributed by atoms with Crippen LogP contribution in [0.5, 0.6) is 0 Å². The van der Waals surface area contributed by atoms with E-state index in [-0.39, 0.29) is 12.5 Å². The molecule has 102 valence electrons. The van der Waals surface area contributed by atoms with Crippen molar-refractivity contribution in [2.75, 3.05) is 7.05 Å². The third kappa shape index (κ3) is 3.58. The van der Waals surface area contributed by atoms with Crippen LogP contribution in [0, 0.1) is 6.92 Å². The molecule has 2 aromatic heterocycles. The van der Waals surface area contributed by atoms with Crippen LogP contribution >= 0.6 is 11.3 Å². The number of hydrogen-bond acceptors (Lipinski definition) is 6. The van der Waals surface area contributed by atoms with Gasteiger partial charge in [0, 0.05) is 24.7 Å². The number of hydrogen-bond donors (Lipinski definition) is 1. The smallest absolute Gasteiger partial charge is 0.244 e. The average molecular weight is 280 g/mol. The Kier molecular flexibility index (Phi) is 4.23. The molecule has 0 saturated heterocycles. The van der Waals surface area contributed by atoms with Crippen molar-refractivity contribution >= 4 is 17.2 Å². The summed E-state index contributed by atoms with van der Waals surface area (Å²) in [7, 11) is 1.76. The number of aryl methyl sites for hydroxylation is 1. The third-order valence-corrected chi connectivity index (χ3v) is 3.48. The topological polar surface area (TPSA) is 89.9 Å². The van der Waals surface area contributed by atoms with Crippen LogP contribution in [0.25, 0.3) is 0 Å². The SMILES string of the molecule is Cc1ncc(CN(C)C(=O)Cn2cc(CN)nn2)s1. The summed E-state index contributed by atoms with van der Waals surface area (Å²) in [5, 5.41) is 8.69. The molecular formula is C11H16N6OS. The van der Waals surface area contributed by atoms with Crippen molar-refractivity contribution in [3.63, 3.8) is 0 Å². The molecule has 0 aromatic carbocycles. The number of likely N-dealkylation sites (N-methyl/N-ethyl adjacent to an activating group) is 1. The van der Waals surface area contributed by atoms with Crippen molar-refractivity contribution < 1.29 is 4.79 Å². The predicted octanol–water partition coefficient (Wildman–Crippen LogP) is 0.160. The Hall–Kier alpha value is -1.80. The normalized spacial score (nSPS) is 10.7. The van der Waals surface area contributed by atoms with Crippen molar-refractivity contribution in [2.24, 2.45) is 5.73 Å². The van der Waals surface area contributed by atoms with E-state index in [1.807, 2.05) is 6.92 Å². The van der Waals surface area contributed by atoms with Crippen molar-refractivity contribution in [3.05, 3.63) is 28.0 Å². The maximum absolute atomic E-state index is 12.0. The average Bonchev–Trinajstić information content (AvgIpc) is 2.98. The molecule has 2 aromatic rings. The van der Waals surface area contributed by atoms with Crippen LogP contribution in [-0.4, -0.2) is 37.8 Å². The van der Waals surface area contributed by atoms with Crippen LogP contribution in [0.2, 0.25) is 0 Å². The van der Waals surface area contributed by atoms with Crippen molar-refractivity contribution in [1.29, 1.82) is 0 Å². The van der Waals surface area contributed by atoms with Crippen molar-refractivity contribution in [2.45, 2.75) is 26.6 Å². The summed E-state index contributed by atoms with van der Waals surface area (Å²) < 4.78 is 1.50. The highest BCUT2D eigenvalue weighted by molar-refractivity contribution is 7.11. The number of nitrogens with zero attached hydrogens (tertiary/aromatic N) is 5. The first-order valence-electron chi connectivity index (χ1n) is 5.83. The van der Waals surface area contributed by atoms with Gasteiger partial charge < -0.3 is 10.6 Å². The fraction of sp³-hybridized carbons (Fsp3) is 0.455. The van der Waals surface area contributed by atoms with Gasteiger partial charge in [-0.3, -0.25) is 4.79 Å². The van der Waals surface area contributed by atoms with E-state index in [4.69, 9.17) is 5.73 Å². The molecule has 0 saturated carbocycles. The lowest BCUT2D eigenvalue weighted by atomic mass is 10.4. The molecule has 19 heavy (non-hydrogen) atoms. The van der Waals surface area contributed by atoms with E-state index in [1.54, 1.807) is 35.7 Å². The Morgan fingerprint density at radius 3 is 2.95 bits per heavy atom. The molecule has 0 aliphatic heterocycles. The molecular weight excluding hydrogens is 264 g/mol. The number of nitrogens with two attached hydrogens (primary N) is 1. The largest absolute Gasteiger partial charge is 0.339 e. The molecule has 0 spiro atoms. The highest BCUT2D eigenvalue weighted by Crippen LogP contribution is 2.13. The lowest BCUT2D eigenvalue weighted by molar-refractivity contribution is -0.131. The summed E-state index contributed by atoms with van der Waals surface area (Å²) in [6.45, 7) is 2.99. The number of carbonyl (C=O) groups is 1. The summed E-state index contributed by atoms with van der Waals surface area (Å²) in [5.74, 6) is -0.0282. The van der Waals surface area contributed by atoms with Gasteiger partial charge in [-0.25, -0.2) is 9.67 Å². The maximum atomic E-state index is 12.0. The molecule has 0 fully saturated rings. The summed E-state index contributed by atoms with van der Waals surface area (Å²) in [6.07, 6.45) is 3.48. The quantitative estimate of drug-likeness (QED) is 0.842. The fourth-order valence-corrected chi connectivity index (χ4v) is 2.42. The minimum atomic E-state index is -0.0282. The Morgan fingerprint density at radius 2 is 2.37 bits per heavy atom. The second kappa shape index (κ2) is 5.89. The number of carbonyl (C=O) groups excluding carboxylic acids is 1. The minimum absolute atomic E-state index is 0.0282. The molecule has 2 heterocycles. The molecule has 7 nitrogen and oxygen atoms in total. The summed E-state index contributed by atoms with van der Waals surface area (Å²) in [4.78, 5) is 18.9. The highest BCUT2D eigenvalue weighted by atomic mass is 32.1. The van der Waals surface area contributed by atoms with Crippen LogP contribution in [0.1, 0.15) is 15.6 Å². The van der Waals surface area contributed by atoms with Gasteiger partial charge in [-0.15, -0.1) is 16.4 Å². The zero-order valence-corrected chi connectivity index (χ0v) is 11.7. The molecule has 2 N–H and O–H groups in total. The maximum Gasteiger partial charge on any atom is 0.244 e. The van der Waals surface area contributed by atoms with E-state index in [0.717, 1.165) is 9.88 Å². The summed E-state index contributed by atoms with van der Waals surface area (Å²) in [5.41, 5.74) is 6.12. The Morgan fingerprint density at radius 1 is 1.58 bits per heavy atom. The van der Waals surface area contributed by atoms with Crippen LogP contribution in [-0.2, 0) is 24.4 Å². The van der Waals surface area contributed by atoms with Gasteiger partial charge in [0.15, 0.2) is 0 Å². The van der Waals surface area contributed by atoms with Gasteiger partial charge in [0.25, 0.3) is 0 Å². The molecule has 8 heteroatoms. The zero-order chi connectivity index (χ0) is 13.8. The van der Waals surface area contributed by atoms with Gasteiger partial charge in [0.2, 0.25) is 5.91 Å². The first-order valence-corrected chi connectivity index (χ1v) is 6.64. The summed E-state index contributed by atoms with van der Waals surface area (Å²) in [6, 6.07) is 0. The fourth-order valence-electron chi connectivity index (χ4n) is 1.57. The first-order chi connectivity index (χ1) is 9.08. The summed E-state index contributed by atoms with van der Waals surface area (Å²) >= 11 is 1.59. The number of aromatic nitrogens is 4. The molecule has 2 rings (SSSR count). The van der Waals surface area contributed by atoms with Crippen LogP contribution in [0.15, 0.2) is 12.4 Å². The van der Waals surface area contributed by atoms with E-state index in [9.17, 15) is 4.79 Å². The Bertz CT molecular complexity index is 563. The van der Waals surface area contributed by atoms with Crippen LogP contribution < -0.4 is 5.73 Å². The monoisotopic (exact) mass is 280 g/mol. The molecule has 0 bridgehead atoms. The Balaban J connectivity index is 1.91. The predicted molar refractivity (Wildman–Crippen MR) is 71.2 cm³/mol. The van der Waals surface area contributed by atoms with E-state index >= 15 is 0 Å². The molecule has 0 aliphatic rings. The zero-order valence-electron chi connectivity index (χ0n) is 10.9. The van der Waals surface area contributed by atoms with Gasteiger partial charge in [-0.1, -0.05) is 5.21 Å². The van der Waals surface area contributed by atoms with E-state index in [2.05, 4.69) is 15.3 Å². The molecule has 0 radical (unpaired) electrons. The third-order valence-electron chi connectivity index (χ3n) is 2.58. The van der Waals surface area contributed by atoms with Gasteiger partial charge >= 0.3 is 0 Å². The Labute approximate surface area is 115 Å². The van der Waals surface area contributed by atoms with Gasteiger partial charge in [0.1, 0.15) is 6.54 Å².